The Labute approximate surface area is 146 Å². The molecular weight excluding hydrogens is 318 g/mol. The van der Waals surface area contributed by atoms with Crippen molar-refractivity contribution < 1.29 is 19.4 Å². The molecule has 0 heterocycles. The zero-order chi connectivity index (χ0) is 17.8. The number of hydrogen-bond donors (Lipinski definition) is 1. The zero-order valence-electron chi connectivity index (χ0n) is 14.1. The van der Waals surface area contributed by atoms with E-state index in [9.17, 15) is 9.59 Å². The highest BCUT2D eigenvalue weighted by Crippen LogP contribution is 2.29. The molecular formula is C20H21NO4. The van der Waals surface area contributed by atoms with Crippen molar-refractivity contribution in [1.82, 2.24) is 4.90 Å². The lowest BCUT2D eigenvalue weighted by Crippen LogP contribution is -2.33. The van der Waals surface area contributed by atoms with Gasteiger partial charge in [0.15, 0.2) is 0 Å². The van der Waals surface area contributed by atoms with E-state index < -0.39 is 5.97 Å². The first-order valence-corrected chi connectivity index (χ1v) is 8.31. The normalized spacial score (nSPS) is 13.3. The van der Waals surface area contributed by atoms with Crippen molar-refractivity contribution in [3.8, 4) is 5.75 Å². The fourth-order valence-corrected chi connectivity index (χ4v) is 2.83. The summed E-state index contributed by atoms with van der Waals surface area (Å²) in [6, 6.07) is 14.6. The van der Waals surface area contributed by atoms with Crippen LogP contribution in [-0.2, 0) is 17.8 Å². The highest BCUT2D eigenvalue weighted by atomic mass is 16.5. The van der Waals surface area contributed by atoms with Crippen molar-refractivity contribution in [1.29, 1.82) is 0 Å². The third kappa shape index (κ3) is 4.38. The van der Waals surface area contributed by atoms with Crippen LogP contribution in [0.25, 0.3) is 0 Å². The largest absolute Gasteiger partial charge is 0.497 e. The third-order valence-electron chi connectivity index (χ3n) is 4.35. The van der Waals surface area contributed by atoms with E-state index in [0.717, 1.165) is 29.7 Å². The molecule has 0 aliphatic heterocycles. The predicted octanol–water partition coefficient (Wildman–Crippen LogP) is 3.13. The molecule has 0 spiro atoms. The fourth-order valence-electron chi connectivity index (χ4n) is 2.83. The second-order valence-corrected chi connectivity index (χ2v) is 6.28. The molecule has 1 N–H and O–H groups in total. The van der Waals surface area contributed by atoms with Crippen molar-refractivity contribution in [2.45, 2.75) is 31.8 Å². The van der Waals surface area contributed by atoms with Gasteiger partial charge in [-0.1, -0.05) is 24.3 Å². The number of ether oxygens (including phenoxy) is 1. The molecule has 1 fully saturated rings. The van der Waals surface area contributed by atoms with E-state index in [-0.39, 0.29) is 23.9 Å². The zero-order valence-corrected chi connectivity index (χ0v) is 14.1. The molecule has 0 atom stereocenters. The van der Waals surface area contributed by atoms with Crippen LogP contribution < -0.4 is 4.74 Å². The Hall–Kier alpha value is -2.82. The Morgan fingerprint density at radius 3 is 2.44 bits per heavy atom. The maximum atomic E-state index is 12.8. The molecule has 0 bridgehead atoms. The van der Waals surface area contributed by atoms with Crippen LogP contribution in [0.2, 0.25) is 0 Å². The number of amides is 1. The quantitative estimate of drug-likeness (QED) is 0.841. The molecule has 0 radical (unpaired) electrons. The van der Waals surface area contributed by atoms with Gasteiger partial charge in [-0.15, -0.1) is 0 Å². The number of carboxylic acids is 1. The second-order valence-electron chi connectivity index (χ2n) is 6.28. The van der Waals surface area contributed by atoms with E-state index >= 15 is 0 Å². The van der Waals surface area contributed by atoms with Gasteiger partial charge in [0.2, 0.25) is 5.91 Å². The highest BCUT2D eigenvalue weighted by Gasteiger charge is 2.32. The van der Waals surface area contributed by atoms with E-state index in [1.807, 2.05) is 29.2 Å². The van der Waals surface area contributed by atoms with Crippen LogP contribution in [0.5, 0.6) is 5.75 Å². The number of carbonyl (C=O) groups is 2. The maximum Gasteiger partial charge on any atom is 0.335 e. The molecule has 130 valence electrons. The summed E-state index contributed by atoms with van der Waals surface area (Å²) in [5, 5.41) is 9.08. The van der Waals surface area contributed by atoms with Gasteiger partial charge in [-0.3, -0.25) is 4.79 Å². The molecule has 0 saturated heterocycles. The minimum absolute atomic E-state index is 0.0286. The number of carbonyl (C=O) groups excluding carboxylic acids is 1. The van der Waals surface area contributed by atoms with Gasteiger partial charge in [0.05, 0.1) is 19.1 Å². The van der Waals surface area contributed by atoms with Gasteiger partial charge in [-0.05, 0) is 48.2 Å². The summed E-state index contributed by atoms with van der Waals surface area (Å²) < 4.78 is 5.16. The minimum atomic E-state index is -0.980. The highest BCUT2D eigenvalue weighted by molar-refractivity contribution is 5.88. The molecule has 5 nitrogen and oxygen atoms in total. The first kappa shape index (κ1) is 17.0. The number of carboxylic acid groups (broad SMARTS) is 1. The Morgan fingerprint density at radius 1 is 1.12 bits per heavy atom. The molecule has 0 aromatic heterocycles. The molecule has 1 aliphatic carbocycles. The van der Waals surface area contributed by atoms with Gasteiger partial charge in [0, 0.05) is 12.6 Å². The van der Waals surface area contributed by atoms with Gasteiger partial charge < -0.3 is 14.7 Å². The smallest absolute Gasteiger partial charge is 0.335 e. The van der Waals surface area contributed by atoms with Gasteiger partial charge >= 0.3 is 5.97 Å². The summed E-state index contributed by atoms with van der Waals surface area (Å²) in [7, 11) is 1.63. The minimum Gasteiger partial charge on any atom is -0.497 e. The monoisotopic (exact) mass is 339 g/mol. The van der Waals surface area contributed by atoms with Crippen molar-refractivity contribution in [3.05, 3.63) is 65.2 Å². The summed E-state index contributed by atoms with van der Waals surface area (Å²) in [5.74, 6) is -0.161. The molecule has 2 aromatic carbocycles. The van der Waals surface area contributed by atoms with Gasteiger partial charge in [-0.2, -0.15) is 0 Å². The van der Waals surface area contributed by atoms with E-state index in [0.29, 0.717) is 6.54 Å². The lowest BCUT2D eigenvalue weighted by molar-refractivity contribution is -0.131. The van der Waals surface area contributed by atoms with Crippen LogP contribution in [0.15, 0.2) is 48.5 Å². The topological polar surface area (TPSA) is 66.8 Å². The van der Waals surface area contributed by atoms with Gasteiger partial charge in [-0.25, -0.2) is 4.79 Å². The number of nitrogens with zero attached hydrogens (tertiary/aromatic N) is 1. The van der Waals surface area contributed by atoms with Crippen LogP contribution >= 0.6 is 0 Å². The standard InChI is InChI=1S/C20H21NO4/c1-25-18-9-5-14(6-10-18)13-21(17-7-8-17)19(22)12-15-3-2-4-16(11-15)20(23)24/h2-6,9-11,17H,7-8,12-13H2,1H3,(H,23,24). The Morgan fingerprint density at radius 2 is 1.84 bits per heavy atom. The number of hydrogen-bond acceptors (Lipinski definition) is 3. The number of aromatic carboxylic acids is 1. The predicted molar refractivity (Wildman–Crippen MR) is 93.7 cm³/mol. The van der Waals surface area contributed by atoms with Crippen molar-refractivity contribution in [2.75, 3.05) is 7.11 Å². The van der Waals surface area contributed by atoms with E-state index in [1.54, 1.807) is 25.3 Å². The molecule has 1 amide bonds. The number of methoxy groups -OCH3 is 1. The summed E-state index contributed by atoms with van der Waals surface area (Å²) >= 11 is 0. The lowest BCUT2D eigenvalue weighted by atomic mass is 10.1. The molecule has 3 rings (SSSR count). The van der Waals surface area contributed by atoms with E-state index in [4.69, 9.17) is 9.84 Å². The molecule has 2 aromatic rings. The second kappa shape index (κ2) is 7.38. The number of benzene rings is 2. The first-order chi connectivity index (χ1) is 12.1. The summed E-state index contributed by atoms with van der Waals surface area (Å²) in [6.07, 6.45) is 2.27. The summed E-state index contributed by atoms with van der Waals surface area (Å²) in [5.41, 5.74) is 1.99. The van der Waals surface area contributed by atoms with Crippen LogP contribution in [0.4, 0.5) is 0 Å². The molecule has 1 saturated carbocycles. The van der Waals surface area contributed by atoms with Crippen LogP contribution in [0.1, 0.15) is 34.3 Å². The lowest BCUT2D eigenvalue weighted by Gasteiger charge is -2.23. The summed E-state index contributed by atoms with van der Waals surface area (Å²) in [4.78, 5) is 25.7. The Kier molecular flexibility index (Phi) is 5.03. The first-order valence-electron chi connectivity index (χ1n) is 8.31. The fraction of sp³-hybridized carbons (Fsp3) is 0.300. The molecule has 25 heavy (non-hydrogen) atoms. The van der Waals surface area contributed by atoms with Gasteiger partial charge in [0.1, 0.15) is 5.75 Å². The molecule has 0 unspecified atom stereocenters. The molecule has 5 heteroatoms. The average molecular weight is 339 g/mol. The molecule has 1 aliphatic rings. The average Bonchev–Trinajstić information content (AvgIpc) is 3.45. The Bertz CT molecular complexity index is 766. The van der Waals surface area contributed by atoms with Gasteiger partial charge in [0.25, 0.3) is 0 Å². The van der Waals surface area contributed by atoms with Crippen LogP contribution in [-0.4, -0.2) is 35.0 Å². The van der Waals surface area contributed by atoms with Crippen molar-refractivity contribution in [2.24, 2.45) is 0 Å². The summed E-state index contributed by atoms with van der Waals surface area (Å²) in [6.45, 7) is 0.562. The Balaban J connectivity index is 1.70. The third-order valence-corrected chi connectivity index (χ3v) is 4.35. The van der Waals surface area contributed by atoms with E-state index in [2.05, 4.69) is 0 Å². The SMILES string of the molecule is COc1ccc(CN(C(=O)Cc2cccc(C(=O)O)c2)C2CC2)cc1. The van der Waals surface area contributed by atoms with Crippen molar-refractivity contribution in [3.63, 3.8) is 0 Å². The van der Waals surface area contributed by atoms with E-state index in [1.165, 1.54) is 6.07 Å². The van der Waals surface area contributed by atoms with Crippen molar-refractivity contribution >= 4 is 11.9 Å². The van der Waals surface area contributed by atoms with Crippen LogP contribution in [0.3, 0.4) is 0 Å². The maximum absolute atomic E-state index is 12.8. The van der Waals surface area contributed by atoms with Crippen LogP contribution in [0, 0.1) is 0 Å². The number of rotatable bonds is 7.